The first kappa shape index (κ1) is 17.9. The number of ether oxygens (including phenoxy) is 3. The third kappa shape index (κ3) is 4.76. The van der Waals surface area contributed by atoms with Crippen LogP contribution in [0.3, 0.4) is 0 Å². The Morgan fingerprint density at radius 1 is 1.08 bits per heavy atom. The Bertz CT molecular complexity index is 635. The fraction of sp³-hybridized carbons (Fsp3) is 0.389. The monoisotopic (exact) mass is 333 g/mol. The molecule has 0 saturated heterocycles. The number of hydrogen-bond donors (Lipinski definition) is 0. The van der Waals surface area contributed by atoms with Crippen LogP contribution in [0.15, 0.2) is 40.8 Å². The van der Waals surface area contributed by atoms with Crippen LogP contribution in [0.25, 0.3) is 0 Å². The van der Waals surface area contributed by atoms with Gasteiger partial charge in [0.25, 0.3) is 5.91 Å². The molecule has 0 spiro atoms. The van der Waals surface area contributed by atoms with E-state index in [4.69, 9.17) is 18.6 Å². The summed E-state index contributed by atoms with van der Waals surface area (Å²) in [4.78, 5) is 14.1. The Balaban J connectivity index is 1.87. The van der Waals surface area contributed by atoms with E-state index < -0.39 is 0 Å². The quantitative estimate of drug-likeness (QED) is 0.706. The highest BCUT2D eigenvalue weighted by Gasteiger charge is 2.18. The number of methoxy groups -OCH3 is 2. The third-order valence-corrected chi connectivity index (χ3v) is 3.52. The molecule has 0 atom stereocenters. The van der Waals surface area contributed by atoms with Gasteiger partial charge in [-0.25, -0.2) is 0 Å². The predicted molar refractivity (Wildman–Crippen MR) is 89.5 cm³/mol. The van der Waals surface area contributed by atoms with E-state index in [2.05, 4.69) is 0 Å². The first-order valence-electron chi connectivity index (χ1n) is 7.81. The molecule has 0 unspecified atom stereocenters. The van der Waals surface area contributed by atoms with E-state index in [1.165, 1.54) is 0 Å². The van der Waals surface area contributed by atoms with E-state index in [1.54, 1.807) is 31.3 Å². The molecular formula is C18H23NO5. The van der Waals surface area contributed by atoms with Gasteiger partial charge in [-0.2, -0.15) is 0 Å². The van der Waals surface area contributed by atoms with Crippen LogP contribution in [-0.4, -0.2) is 44.7 Å². The zero-order valence-corrected chi connectivity index (χ0v) is 14.3. The van der Waals surface area contributed by atoms with Gasteiger partial charge in [0.1, 0.15) is 30.5 Å². The highest BCUT2D eigenvalue weighted by Crippen LogP contribution is 2.17. The highest BCUT2D eigenvalue weighted by molar-refractivity contribution is 5.91. The van der Waals surface area contributed by atoms with Gasteiger partial charge in [0, 0.05) is 13.7 Å². The summed E-state index contributed by atoms with van der Waals surface area (Å²) in [6.45, 7) is 3.72. The Kier molecular flexibility index (Phi) is 6.69. The molecule has 130 valence electrons. The van der Waals surface area contributed by atoms with Crippen molar-refractivity contribution in [1.82, 2.24) is 4.90 Å². The summed E-state index contributed by atoms with van der Waals surface area (Å²) in [6, 6.07) is 10.7. The zero-order chi connectivity index (χ0) is 17.4. The molecule has 0 bridgehead atoms. The van der Waals surface area contributed by atoms with Crippen LogP contribution in [0.4, 0.5) is 0 Å². The summed E-state index contributed by atoms with van der Waals surface area (Å²) in [5.41, 5.74) is 0. The van der Waals surface area contributed by atoms with Gasteiger partial charge >= 0.3 is 0 Å². The van der Waals surface area contributed by atoms with Gasteiger partial charge in [-0.05, 0) is 43.3 Å². The lowest BCUT2D eigenvalue weighted by molar-refractivity contribution is 0.0700. The second kappa shape index (κ2) is 8.98. The first-order valence-corrected chi connectivity index (χ1v) is 7.81. The molecule has 2 aromatic rings. The number of amides is 1. The van der Waals surface area contributed by atoms with Crippen molar-refractivity contribution < 1.29 is 23.4 Å². The van der Waals surface area contributed by atoms with Crippen LogP contribution in [0.1, 0.15) is 23.2 Å². The van der Waals surface area contributed by atoms with E-state index >= 15 is 0 Å². The molecule has 0 aliphatic carbocycles. The predicted octanol–water partition coefficient (Wildman–Crippen LogP) is 2.98. The smallest absolute Gasteiger partial charge is 0.289 e. The summed E-state index contributed by atoms with van der Waals surface area (Å²) in [7, 11) is 3.20. The van der Waals surface area contributed by atoms with Crippen LogP contribution < -0.4 is 9.47 Å². The number of rotatable bonds is 9. The van der Waals surface area contributed by atoms with Crippen molar-refractivity contribution in [2.75, 3.05) is 33.9 Å². The lowest BCUT2D eigenvalue weighted by atomic mass is 10.3. The molecule has 1 aromatic carbocycles. The van der Waals surface area contributed by atoms with Crippen molar-refractivity contribution in [3.05, 3.63) is 47.9 Å². The molecule has 24 heavy (non-hydrogen) atoms. The van der Waals surface area contributed by atoms with Crippen molar-refractivity contribution >= 4 is 5.91 Å². The fourth-order valence-electron chi connectivity index (χ4n) is 2.22. The van der Waals surface area contributed by atoms with Gasteiger partial charge < -0.3 is 23.5 Å². The Hall–Kier alpha value is -2.47. The van der Waals surface area contributed by atoms with Crippen molar-refractivity contribution in [2.45, 2.75) is 13.5 Å². The fourth-order valence-corrected chi connectivity index (χ4v) is 2.22. The maximum atomic E-state index is 12.4. The summed E-state index contributed by atoms with van der Waals surface area (Å²) >= 11 is 0. The highest BCUT2D eigenvalue weighted by atomic mass is 16.5. The summed E-state index contributed by atoms with van der Waals surface area (Å²) in [5, 5.41) is 0. The van der Waals surface area contributed by atoms with Crippen LogP contribution >= 0.6 is 0 Å². The number of likely N-dealkylation sites (N-methyl/N-ethyl adjacent to an activating group) is 1. The SMILES string of the molecule is CCN(CCOc1ccc(OC)cc1)C(=O)c1ccc(COC)o1. The number of furan rings is 1. The van der Waals surface area contributed by atoms with E-state index in [0.29, 0.717) is 37.8 Å². The molecule has 6 heteroatoms. The number of benzene rings is 1. The van der Waals surface area contributed by atoms with Crippen LogP contribution in [0.5, 0.6) is 11.5 Å². The Labute approximate surface area is 141 Å². The zero-order valence-electron chi connectivity index (χ0n) is 14.3. The molecule has 1 amide bonds. The number of carbonyl (C=O) groups excluding carboxylic acids is 1. The maximum absolute atomic E-state index is 12.4. The van der Waals surface area contributed by atoms with E-state index in [1.807, 2.05) is 31.2 Å². The summed E-state index contributed by atoms with van der Waals surface area (Å²) in [6.07, 6.45) is 0. The van der Waals surface area contributed by atoms with Gasteiger partial charge in [0.2, 0.25) is 0 Å². The molecule has 0 aliphatic rings. The van der Waals surface area contributed by atoms with Gasteiger partial charge in [-0.3, -0.25) is 4.79 Å². The first-order chi connectivity index (χ1) is 11.7. The minimum atomic E-state index is -0.154. The Morgan fingerprint density at radius 3 is 2.42 bits per heavy atom. The standard InChI is InChI=1S/C18H23NO5/c1-4-19(18(20)17-10-9-16(24-17)13-21-2)11-12-23-15-7-5-14(22-3)6-8-15/h5-10H,4,11-13H2,1-3H3. The van der Waals surface area contributed by atoms with Gasteiger partial charge in [0.05, 0.1) is 13.7 Å². The van der Waals surface area contributed by atoms with Crippen molar-refractivity contribution in [3.8, 4) is 11.5 Å². The molecule has 0 saturated carbocycles. The molecule has 1 heterocycles. The van der Waals surface area contributed by atoms with Crippen molar-refractivity contribution in [3.63, 3.8) is 0 Å². The number of carbonyl (C=O) groups is 1. The van der Waals surface area contributed by atoms with Crippen LogP contribution in [0, 0.1) is 0 Å². The lowest BCUT2D eigenvalue weighted by Crippen LogP contribution is -2.34. The topological polar surface area (TPSA) is 61.1 Å². The van der Waals surface area contributed by atoms with Gasteiger partial charge in [0.15, 0.2) is 5.76 Å². The van der Waals surface area contributed by atoms with E-state index in [-0.39, 0.29) is 5.91 Å². The van der Waals surface area contributed by atoms with Crippen LogP contribution in [0.2, 0.25) is 0 Å². The lowest BCUT2D eigenvalue weighted by Gasteiger charge is -2.19. The summed E-state index contributed by atoms with van der Waals surface area (Å²) in [5.74, 6) is 2.30. The minimum Gasteiger partial charge on any atom is -0.497 e. The van der Waals surface area contributed by atoms with Crippen molar-refractivity contribution in [2.24, 2.45) is 0 Å². The van der Waals surface area contributed by atoms with Crippen molar-refractivity contribution in [1.29, 1.82) is 0 Å². The Morgan fingerprint density at radius 2 is 1.79 bits per heavy atom. The molecular weight excluding hydrogens is 310 g/mol. The largest absolute Gasteiger partial charge is 0.497 e. The molecule has 1 aromatic heterocycles. The molecule has 0 N–H and O–H groups in total. The van der Waals surface area contributed by atoms with Gasteiger partial charge in [-0.15, -0.1) is 0 Å². The normalized spacial score (nSPS) is 10.5. The average Bonchev–Trinajstić information content (AvgIpc) is 3.08. The van der Waals surface area contributed by atoms with Gasteiger partial charge in [-0.1, -0.05) is 0 Å². The molecule has 2 rings (SSSR count). The molecule has 0 aliphatic heterocycles. The van der Waals surface area contributed by atoms with Crippen LogP contribution in [-0.2, 0) is 11.3 Å². The van der Waals surface area contributed by atoms with E-state index in [0.717, 1.165) is 11.5 Å². The number of nitrogens with zero attached hydrogens (tertiary/aromatic N) is 1. The minimum absolute atomic E-state index is 0.154. The maximum Gasteiger partial charge on any atom is 0.289 e. The second-order valence-corrected chi connectivity index (χ2v) is 5.11. The second-order valence-electron chi connectivity index (χ2n) is 5.11. The third-order valence-electron chi connectivity index (χ3n) is 3.52. The average molecular weight is 333 g/mol. The molecule has 0 radical (unpaired) electrons. The number of hydrogen-bond acceptors (Lipinski definition) is 5. The molecule has 0 fully saturated rings. The van der Waals surface area contributed by atoms with E-state index in [9.17, 15) is 4.79 Å². The summed E-state index contributed by atoms with van der Waals surface area (Å²) < 4.78 is 21.2. The molecule has 6 nitrogen and oxygen atoms in total.